The Morgan fingerprint density at radius 1 is 1.21 bits per heavy atom. The van der Waals surface area contributed by atoms with Gasteiger partial charge in [0.05, 0.1) is 17.5 Å². The molecular formula is C22H23ClN4OS. The highest BCUT2D eigenvalue weighted by Gasteiger charge is 2.30. The minimum Gasteiger partial charge on any atom is -0.335 e. The molecule has 0 saturated carbocycles. The topological polar surface area (TPSA) is 51.0 Å². The lowest BCUT2D eigenvalue weighted by atomic mass is 9.99. The molecule has 5 nitrogen and oxygen atoms in total. The standard InChI is InChI=1S/C22H23ClN4OS/c1-15-6-3-4-7-18(15)20-8-5-11-26(20)21(28)13-29-22-25-24-14-27(22)17-10-9-16(2)19(23)12-17/h3-4,6-7,9-10,12,14,20H,5,8,11,13H2,1-2H3. The second kappa shape index (κ2) is 8.59. The van der Waals surface area contributed by atoms with Crippen molar-refractivity contribution in [3.8, 4) is 5.69 Å². The number of aromatic nitrogens is 3. The van der Waals surface area contributed by atoms with Crippen LogP contribution in [0.4, 0.5) is 0 Å². The summed E-state index contributed by atoms with van der Waals surface area (Å²) < 4.78 is 1.87. The second-order valence-electron chi connectivity index (χ2n) is 7.31. The summed E-state index contributed by atoms with van der Waals surface area (Å²) in [6.45, 7) is 4.88. The number of carbonyl (C=O) groups excluding carboxylic acids is 1. The maximum Gasteiger partial charge on any atom is 0.233 e. The van der Waals surface area contributed by atoms with Gasteiger partial charge >= 0.3 is 0 Å². The van der Waals surface area contributed by atoms with Crippen LogP contribution in [0.15, 0.2) is 53.9 Å². The molecule has 0 aliphatic carbocycles. The van der Waals surface area contributed by atoms with Crippen molar-refractivity contribution in [1.29, 1.82) is 0 Å². The van der Waals surface area contributed by atoms with Crippen molar-refractivity contribution in [1.82, 2.24) is 19.7 Å². The summed E-state index contributed by atoms with van der Waals surface area (Å²) in [6, 6.07) is 14.3. The van der Waals surface area contributed by atoms with Crippen molar-refractivity contribution in [3.05, 3.63) is 70.5 Å². The van der Waals surface area contributed by atoms with E-state index < -0.39 is 0 Å². The number of hydrogen-bond donors (Lipinski definition) is 0. The molecule has 1 aliphatic rings. The van der Waals surface area contributed by atoms with Crippen LogP contribution in [-0.2, 0) is 4.79 Å². The third-order valence-electron chi connectivity index (χ3n) is 5.40. The zero-order valence-corrected chi connectivity index (χ0v) is 18.1. The monoisotopic (exact) mass is 426 g/mol. The third-order valence-corrected chi connectivity index (χ3v) is 6.73. The molecule has 1 amide bonds. The Morgan fingerprint density at radius 2 is 2.03 bits per heavy atom. The smallest absolute Gasteiger partial charge is 0.233 e. The number of halogens is 1. The van der Waals surface area contributed by atoms with Gasteiger partial charge < -0.3 is 4.90 Å². The fraction of sp³-hybridized carbons (Fsp3) is 0.318. The van der Waals surface area contributed by atoms with Gasteiger partial charge in [-0.1, -0.05) is 53.7 Å². The van der Waals surface area contributed by atoms with Crippen molar-refractivity contribution < 1.29 is 4.79 Å². The van der Waals surface area contributed by atoms with Gasteiger partial charge in [-0.3, -0.25) is 9.36 Å². The van der Waals surface area contributed by atoms with Crippen LogP contribution in [0.1, 0.15) is 35.6 Å². The summed E-state index contributed by atoms with van der Waals surface area (Å²) in [5.74, 6) is 0.470. The van der Waals surface area contributed by atoms with E-state index in [1.54, 1.807) is 6.33 Å². The van der Waals surface area contributed by atoms with Crippen molar-refractivity contribution in [2.75, 3.05) is 12.3 Å². The first-order chi connectivity index (χ1) is 14.0. The summed E-state index contributed by atoms with van der Waals surface area (Å²) in [6.07, 6.45) is 3.70. The van der Waals surface area contributed by atoms with Crippen LogP contribution in [0.2, 0.25) is 5.02 Å². The lowest BCUT2D eigenvalue weighted by Crippen LogP contribution is -2.32. The third kappa shape index (κ3) is 4.19. The van der Waals surface area contributed by atoms with E-state index >= 15 is 0 Å². The lowest BCUT2D eigenvalue weighted by Gasteiger charge is -2.26. The number of rotatable bonds is 5. The highest BCUT2D eigenvalue weighted by molar-refractivity contribution is 7.99. The van der Waals surface area contributed by atoms with Crippen molar-refractivity contribution in [3.63, 3.8) is 0 Å². The van der Waals surface area contributed by atoms with E-state index in [1.807, 2.05) is 46.7 Å². The van der Waals surface area contributed by atoms with E-state index in [0.717, 1.165) is 30.6 Å². The quantitative estimate of drug-likeness (QED) is 0.539. The molecule has 1 saturated heterocycles. The number of thioether (sulfide) groups is 1. The molecular weight excluding hydrogens is 404 g/mol. The van der Waals surface area contributed by atoms with Crippen LogP contribution in [0.5, 0.6) is 0 Å². The second-order valence-corrected chi connectivity index (χ2v) is 8.66. The van der Waals surface area contributed by atoms with Gasteiger partial charge in [0, 0.05) is 11.6 Å². The van der Waals surface area contributed by atoms with Crippen LogP contribution in [-0.4, -0.2) is 37.9 Å². The number of benzene rings is 2. The number of hydrogen-bond acceptors (Lipinski definition) is 4. The Bertz CT molecular complexity index is 1040. The Balaban J connectivity index is 1.47. The van der Waals surface area contributed by atoms with Crippen LogP contribution in [0.3, 0.4) is 0 Å². The minimum absolute atomic E-state index is 0.136. The molecule has 2 heterocycles. The van der Waals surface area contributed by atoms with E-state index in [0.29, 0.717) is 15.9 Å². The summed E-state index contributed by atoms with van der Waals surface area (Å²) >= 11 is 7.67. The van der Waals surface area contributed by atoms with E-state index in [1.165, 1.54) is 22.9 Å². The highest BCUT2D eigenvalue weighted by atomic mass is 35.5. The zero-order chi connectivity index (χ0) is 20.4. The fourth-order valence-corrected chi connectivity index (χ4v) is 4.78. The molecule has 0 spiro atoms. The Morgan fingerprint density at radius 3 is 2.83 bits per heavy atom. The zero-order valence-electron chi connectivity index (χ0n) is 16.5. The first-order valence-electron chi connectivity index (χ1n) is 9.69. The van der Waals surface area contributed by atoms with Gasteiger partial charge in [0.25, 0.3) is 0 Å². The van der Waals surface area contributed by atoms with Crippen LogP contribution in [0, 0.1) is 13.8 Å². The largest absolute Gasteiger partial charge is 0.335 e. The lowest BCUT2D eigenvalue weighted by molar-refractivity contribution is -0.129. The van der Waals surface area contributed by atoms with Gasteiger partial charge in [0.2, 0.25) is 5.91 Å². The molecule has 1 unspecified atom stereocenters. The summed E-state index contributed by atoms with van der Waals surface area (Å²) in [5.41, 5.74) is 4.39. The van der Waals surface area contributed by atoms with Crippen molar-refractivity contribution in [2.45, 2.75) is 37.9 Å². The number of nitrogens with zero attached hydrogens (tertiary/aromatic N) is 4. The maximum absolute atomic E-state index is 13.0. The molecule has 0 bridgehead atoms. The maximum atomic E-state index is 13.0. The van der Waals surface area contributed by atoms with E-state index in [-0.39, 0.29) is 11.9 Å². The molecule has 7 heteroatoms. The molecule has 0 N–H and O–H groups in total. The Kier molecular flexibility index (Phi) is 5.92. The average Bonchev–Trinajstić information content (AvgIpc) is 3.38. The van der Waals surface area contributed by atoms with E-state index in [4.69, 9.17) is 11.6 Å². The molecule has 1 fully saturated rings. The number of carbonyl (C=O) groups is 1. The molecule has 3 aromatic rings. The summed E-state index contributed by atoms with van der Waals surface area (Å²) in [7, 11) is 0. The molecule has 0 radical (unpaired) electrons. The van der Waals surface area contributed by atoms with Crippen LogP contribution in [0.25, 0.3) is 5.69 Å². The summed E-state index contributed by atoms with van der Waals surface area (Å²) in [5, 5.41) is 9.60. The predicted molar refractivity (Wildman–Crippen MR) is 117 cm³/mol. The van der Waals surface area contributed by atoms with Gasteiger partial charge in [-0.05, 0) is 55.5 Å². The number of likely N-dealkylation sites (tertiary alicyclic amines) is 1. The molecule has 1 aromatic heterocycles. The number of amides is 1. The predicted octanol–water partition coefficient (Wildman–Crippen LogP) is 4.99. The minimum atomic E-state index is 0.136. The van der Waals surface area contributed by atoms with Gasteiger partial charge in [0.15, 0.2) is 5.16 Å². The summed E-state index contributed by atoms with van der Waals surface area (Å²) in [4.78, 5) is 15.0. The van der Waals surface area contributed by atoms with Gasteiger partial charge in [-0.2, -0.15) is 0 Å². The molecule has 29 heavy (non-hydrogen) atoms. The van der Waals surface area contributed by atoms with Gasteiger partial charge in [-0.15, -0.1) is 10.2 Å². The first kappa shape index (κ1) is 20.0. The fourth-order valence-electron chi connectivity index (χ4n) is 3.79. The average molecular weight is 427 g/mol. The Hall–Kier alpha value is -2.31. The van der Waals surface area contributed by atoms with Gasteiger partial charge in [-0.25, -0.2) is 0 Å². The molecule has 2 aromatic carbocycles. The molecule has 1 aliphatic heterocycles. The van der Waals surface area contributed by atoms with Crippen molar-refractivity contribution >= 4 is 29.3 Å². The number of aryl methyl sites for hydroxylation is 2. The normalized spacial score (nSPS) is 16.4. The van der Waals surface area contributed by atoms with E-state index in [2.05, 4.69) is 29.3 Å². The highest BCUT2D eigenvalue weighted by Crippen LogP contribution is 2.34. The molecule has 150 valence electrons. The first-order valence-corrected chi connectivity index (χ1v) is 11.1. The van der Waals surface area contributed by atoms with Gasteiger partial charge in [0.1, 0.15) is 6.33 Å². The van der Waals surface area contributed by atoms with E-state index in [9.17, 15) is 4.79 Å². The van der Waals surface area contributed by atoms with Crippen molar-refractivity contribution in [2.24, 2.45) is 0 Å². The molecule has 1 atom stereocenters. The molecule has 4 rings (SSSR count). The van der Waals surface area contributed by atoms with Crippen LogP contribution < -0.4 is 0 Å². The Labute approximate surface area is 180 Å². The van der Waals surface area contributed by atoms with Crippen LogP contribution >= 0.6 is 23.4 Å². The SMILES string of the molecule is Cc1ccc(-n2cnnc2SCC(=O)N2CCCC2c2ccccc2C)cc1Cl.